The minimum atomic E-state index is -0.573. The van der Waals surface area contributed by atoms with Gasteiger partial charge in [-0.3, -0.25) is 9.69 Å². The molecule has 16 heavy (non-hydrogen) atoms. The van der Waals surface area contributed by atoms with Gasteiger partial charge in [0.1, 0.15) is 5.54 Å². The van der Waals surface area contributed by atoms with E-state index >= 15 is 0 Å². The fourth-order valence-electron chi connectivity index (χ4n) is 3.30. The van der Waals surface area contributed by atoms with Crippen LogP contribution in [0.1, 0.15) is 57.8 Å². The first kappa shape index (κ1) is 11.9. The zero-order valence-electron chi connectivity index (χ0n) is 10.1. The number of carbonyl (C=O) groups is 1. The summed E-state index contributed by atoms with van der Waals surface area (Å²) in [6, 6.07) is 0. The van der Waals surface area contributed by atoms with E-state index in [1.54, 1.807) is 0 Å². The molecule has 2 fully saturated rings. The van der Waals surface area contributed by atoms with Crippen LogP contribution < -0.4 is 0 Å². The van der Waals surface area contributed by atoms with Crippen LogP contribution in [0.5, 0.6) is 0 Å². The van der Waals surface area contributed by atoms with E-state index in [4.69, 9.17) is 0 Å². The van der Waals surface area contributed by atoms with Gasteiger partial charge in [-0.2, -0.15) is 0 Å². The molecule has 0 unspecified atom stereocenters. The maximum Gasteiger partial charge on any atom is 0.324 e. The van der Waals surface area contributed by atoms with E-state index in [0.29, 0.717) is 0 Å². The predicted molar refractivity (Wildman–Crippen MR) is 63.5 cm³/mol. The molecular formula is C13H23NO2. The van der Waals surface area contributed by atoms with E-state index in [1.807, 2.05) is 0 Å². The molecular weight excluding hydrogens is 202 g/mol. The lowest BCUT2D eigenvalue weighted by atomic mass is 9.86. The number of aliphatic carboxylic acids is 1. The van der Waals surface area contributed by atoms with Crippen LogP contribution in [-0.2, 0) is 4.79 Å². The number of piperidine rings is 1. The van der Waals surface area contributed by atoms with Gasteiger partial charge >= 0.3 is 5.97 Å². The highest BCUT2D eigenvalue weighted by Crippen LogP contribution is 2.34. The summed E-state index contributed by atoms with van der Waals surface area (Å²) in [5, 5.41) is 9.62. The third-order valence-corrected chi connectivity index (χ3v) is 4.29. The number of hydrogen-bond donors (Lipinski definition) is 1. The molecule has 0 aromatic rings. The zero-order chi connectivity index (χ0) is 11.4. The lowest BCUT2D eigenvalue weighted by molar-refractivity contribution is -0.153. The minimum Gasteiger partial charge on any atom is -0.480 e. The Balaban J connectivity index is 2.14. The Hall–Kier alpha value is -0.570. The summed E-state index contributed by atoms with van der Waals surface area (Å²) in [6.45, 7) is 1.98. The first-order valence-corrected chi connectivity index (χ1v) is 6.74. The largest absolute Gasteiger partial charge is 0.480 e. The molecule has 1 saturated heterocycles. The molecule has 0 atom stereocenters. The summed E-state index contributed by atoms with van der Waals surface area (Å²) < 4.78 is 0. The highest BCUT2D eigenvalue weighted by atomic mass is 16.4. The lowest BCUT2D eigenvalue weighted by Crippen LogP contribution is -2.56. The maximum atomic E-state index is 11.7. The predicted octanol–water partition coefficient (Wildman–Crippen LogP) is 2.65. The van der Waals surface area contributed by atoms with Crippen LogP contribution in [0.15, 0.2) is 0 Å². The Morgan fingerprint density at radius 3 is 1.88 bits per heavy atom. The third kappa shape index (κ3) is 2.24. The molecule has 1 saturated carbocycles. The number of carboxylic acid groups (broad SMARTS) is 1. The van der Waals surface area contributed by atoms with Crippen molar-refractivity contribution in [3.63, 3.8) is 0 Å². The molecule has 92 valence electrons. The van der Waals surface area contributed by atoms with Crippen molar-refractivity contribution in [3.8, 4) is 0 Å². The number of hydrogen-bond acceptors (Lipinski definition) is 2. The van der Waals surface area contributed by atoms with Crippen LogP contribution in [0, 0.1) is 0 Å². The summed E-state index contributed by atoms with van der Waals surface area (Å²) in [5.74, 6) is -0.573. The van der Waals surface area contributed by atoms with Gasteiger partial charge in [-0.1, -0.05) is 32.1 Å². The summed E-state index contributed by atoms with van der Waals surface area (Å²) in [4.78, 5) is 14.0. The van der Waals surface area contributed by atoms with Crippen LogP contribution in [0.3, 0.4) is 0 Å². The monoisotopic (exact) mass is 225 g/mol. The average Bonchev–Trinajstić information content (AvgIpc) is 2.56. The molecule has 1 aliphatic heterocycles. The van der Waals surface area contributed by atoms with E-state index in [9.17, 15) is 9.90 Å². The molecule has 1 heterocycles. The van der Waals surface area contributed by atoms with Crippen LogP contribution in [0.4, 0.5) is 0 Å². The van der Waals surface area contributed by atoms with Gasteiger partial charge in [0.05, 0.1) is 0 Å². The van der Waals surface area contributed by atoms with Crippen molar-refractivity contribution in [3.05, 3.63) is 0 Å². The highest BCUT2D eigenvalue weighted by molar-refractivity contribution is 5.78. The molecule has 3 heteroatoms. The fourth-order valence-corrected chi connectivity index (χ4v) is 3.30. The number of likely N-dealkylation sites (tertiary alicyclic amines) is 1. The lowest BCUT2D eigenvalue weighted by Gasteiger charge is -2.42. The standard InChI is InChI=1S/C13H23NO2/c15-12(16)13(8-4-1-2-5-9-13)14-10-6-3-7-11-14/h1-11H2,(H,15,16). The molecule has 0 aromatic heterocycles. The second-order valence-electron chi connectivity index (χ2n) is 5.30. The van der Waals surface area contributed by atoms with E-state index < -0.39 is 11.5 Å². The molecule has 0 bridgehead atoms. The smallest absolute Gasteiger partial charge is 0.324 e. The summed E-state index contributed by atoms with van der Waals surface area (Å²) in [6.07, 6.45) is 9.94. The van der Waals surface area contributed by atoms with E-state index in [2.05, 4.69) is 4.90 Å². The Kier molecular flexibility index (Phi) is 3.85. The third-order valence-electron chi connectivity index (χ3n) is 4.29. The van der Waals surface area contributed by atoms with Gasteiger partial charge in [-0.05, 0) is 38.8 Å². The van der Waals surface area contributed by atoms with E-state index in [-0.39, 0.29) is 0 Å². The normalized spacial score (nSPS) is 27.2. The van der Waals surface area contributed by atoms with Crippen LogP contribution in [-0.4, -0.2) is 34.6 Å². The van der Waals surface area contributed by atoms with Crippen LogP contribution in [0.2, 0.25) is 0 Å². The van der Waals surface area contributed by atoms with Gasteiger partial charge in [0, 0.05) is 0 Å². The Bertz CT molecular complexity index is 238. The second kappa shape index (κ2) is 5.17. The first-order valence-electron chi connectivity index (χ1n) is 6.74. The van der Waals surface area contributed by atoms with Gasteiger partial charge < -0.3 is 5.11 Å². The molecule has 0 amide bonds. The van der Waals surface area contributed by atoms with Gasteiger partial charge in [0.15, 0.2) is 0 Å². The SMILES string of the molecule is O=C(O)C1(N2CCCCC2)CCCCCC1. The fraction of sp³-hybridized carbons (Fsp3) is 0.923. The van der Waals surface area contributed by atoms with E-state index in [0.717, 1.165) is 38.8 Å². The minimum absolute atomic E-state index is 0.517. The Labute approximate surface area is 97.8 Å². The van der Waals surface area contributed by atoms with Crippen molar-refractivity contribution in [2.24, 2.45) is 0 Å². The van der Waals surface area contributed by atoms with Gasteiger partial charge in [0.2, 0.25) is 0 Å². The van der Waals surface area contributed by atoms with Crippen molar-refractivity contribution in [1.29, 1.82) is 0 Å². The molecule has 2 rings (SSSR count). The Morgan fingerprint density at radius 1 is 0.875 bits per heavy atom. The number of nitrogens with zero attached hydrogens (tertiary/aromatic N) is 1. The molecule has 2 aliphatic rings. The number of carboxylic acids is 1. The number of rotatable bonds is 2. The van der Waals surface area contributed by atoms with Crippen molar-refractivity contribution in [2.45, 2.75) is 63.3 Å². The maximum absolute atomic E-state index is 11.7. The van der Waals surface area contributed by atoms with Crippen molar-refractivity contribution >= 4 is 5.97 Å². The second-order valence-corrected chi connectivity index (χ2v) is 5.30. The molecule has 0 aromatic carbocycles. The van der Waals surface area contributed by atoms with Crippen molar-refractivity contribution in [1.82, 2.24) is 4.90 Å². The van der Waals surface area contributed by atoms with Gasteiger partial charge in [-0.15, -0.1) is 0 Å². The van der Waals surface area contributed by atoms with Crippen LogP contribution in [0.25, 0.3) is 0 Å². The highest BCUT2D eigenvalue weighted by Gasteiger charge is 2.44. The van der Waals surface area contributed by atoms with Crippen molar-refractivity contribution < 1.29 is 9.90 Å². The topological polar surface area (TPSA) is 40.5 Å². The first-order chi connectivity index (χ1) is 7.76. The Morgan fingerprint density at radius 2 is 1.38 bits per heavy atom. The van der Waals surface area contributed by atoms with Crippen molar-refractivity contribution in [2.75, 3.05) is 13.1 Å². The zero-order valence-corrected chi connectivity index (χ0v) is 10.1. The quantitative estimate of drug-likeness (QED) is 0.734. The van der Waals surface area contributed by atoms with Crippen LogP contribution >= 0.6 is 0 Å². The average molecular weight is 225 g/mol. The molecule has 1 N–H and O–H groups in total. The van der Waals surface area contributed by atoms with E-state index in [1.165, 1.54) is 32.1 Å². The molecule has 0 spiro atoms. The molecule has 0 radical (unpaired) electrons. The molecule has 1 aliphatic carbocycles. The summed E-state index contributed by atoms with van der Waals surface area (Å²) >= 11 is 0. The summed E-state index contributed by atoms with van der Waals surface area (Å²) in [5.41, 5.74) is -0.517. The van der Waals surface area contributed by atoms with Gasteiger partial charge in [0.25, 0.3) is 0 Å². The summed E-state index contributed by atoms with van der Waals surface area (Å²) in [7, 11) is 0. The molecule has 3 nitrogen and oxygen atoms in total. The van der Waals surface area contributed by atoms with Gasteiger partial charge in [-0.25, -0.2) is 0 Å².